The normalized spacial score (nSPS) is 15.5. The maximum absolute atomic E-state index is 5.93. The molecule has 0 aliphatic heterocycles. The van der Waals surface area contributed by atoms with Gasteiger partial charge in [0.2, 0.25) is 0 Å². The van der Waals surface area contributed by atoms with Crippen molar-refractivity contribution in [3.8, 4) is 12.3 Å². The molecular weight excluding hydrogens is 361 g/mol. The van der Waals surface area contributed by atoms with Gasteiger partial charge >= 0.3 is 0 Å². The Morgan fingerprint density at radius 2 is 2.20 bits per heavy atom. The number of terminal acetylenes is 1. The highest BCUT2D eigenvalue weighted by Crippen LogP contribution is 2.27. The van der Waals surface area contributed by atoms with Crippen LogP contribution in [-0.2, 0) is 12.8 Å². The number of guanidine groups is 1. The summed E-state index contributed by atoms with van der Waals surface area (Å²) in [5.41, 5.74) is 9.81. The number of anilines is 1. The zero-order valence-corrected chi connectivity index (χ0v) is 14.2. The lowest BCUT2D eigenvalue weighted by atomic mass is 9.90. The number of halogens is 1. The van der Waals surface area contributed by atoms with Gasteiger partial charge in [-0.25, -0.2) is 4.99 Å². The van der Waals surface area contributed by atoms with Crippen LogP contribution in [0.2, 0.25) is 0 Å². The zero-order chi connectivity index (χ0) is 13.7. The number of aryl methyl sites for hydroxylation is 1. The van der Waals surface area contributed by atoms with Gasteiger partial charge in [-0.2, -0.15) is 0 Å². The summed E-state index contributed by atoms with van der Waals surface area (Å²) >= 11 is 0. The fourth-order valence-electron chi connectivity index (χ4n) is 2.48. The lowest BCUT2D eigenvalue weighted by Gasteiger charge is -2.20. The van der Waals surface area contributed by atoms with Crippen LogP contribution in [0.4, 0.5) is 5.69 Å². The Hall–Kier alpha value is -1.22. The molecule has 1 aliphatic carbocycles. The van der Waals surface area contributed by atoms with Gasteiger partial charge < -0.3 is 11.1 Å². The number of nitrogens with zero attached hydrogens (tertiary/aromatic N) is 1. The molecule has 4 heteroatoms. The average molecular weight is 383 g/mol. The Bertz CT molecular complexity index is 517. The maximum atomic E-state index is 5.93. The molecule has 2 rings (SSSR count). The van der Waals surface area contributed by atoms with E-state index >= 15 is 0 Å². The molecule has 1 aliphatic rings. The number of fused-ring (bicyclic) bond motifs is 1. The highest BCUT2D eigenvalue weighted by Gasteiger charge is 2.13. The van der Waals surface area contributed by atoms with Gasteiger partial charge in [0.05, 0.1) is 0 Å². The molecule has 20 heavy (non-hydrogen) atoms. The Balaban J connectivity index is 0.00000200. The molecule has 0 radical (unpaired) electrons. The second kappa shape index (κ2) is 8.15. The minimum absolute atomic E-state index is 0. The van der Waals surface area contributed by atoms with Crippen LogP contribution in [0.5, 0.6) is 0 Å². The summed E-state index contributed by atoms with van der Waals surface area (Å²) in [4.78, 5) is 4.30. The van der Waals surface area contributed by atoms with Gasteiger partial charge in [0, 0.05) is 5.69 Å². The monoisotopic (exact) mass is 383 g/mol. The second-order valence-electron chi connectivity index (χ2n) is 4.88. The lowest BCUT2D eigenvalue weighted by molar-refractivity contribution is 0.687. The first-order valence-electron chi connectivity index (χ1n) is 6.91. The first-order valence-corrected chi connectivity index (χ1v) is 6.91. The molecule has 3 nitrogen and oxygen atoms in total. The van der Waals surface area contributed by atoms with E-state index in [1.165, 1.54) is 24.0 Å². The average Bonchev–Trinajstić information content (AvgIpc) is 2.45. The number of aliphatic imine (C=N–C) groups is 1. The molecule has 0 aromatic heterocycles. The van der Waals surface area contributed by atoms with Gasteiger partial charge in [-0.15, -0.1) is 30.4 Å². The summed E-state index contributed by atoms with van der Waals surface area (Å²) in [5, 5.41) is 3.20. The van der Waals surface area contributed by atoms with E-state index in [-0.39, 0.29) is 30.0 Å². The molecule has 1 aromatic carbocycles. The van der Waals surface area contributed by atoms with Gasteiger partial charge in [0.25, 0.3) is 0 Å². The maximum Gasteiger partial charge on any atom is 0.194 e. The van der Waals surface area contributed by atoms with E-state index in [0.29, 0.717) is 5.96 Å². The largest absolute Gasteiger partial charge is 0.370 e. The molecule has 1 unspecified atom stereocenters. The predicted octanol–water partition coefficient (Wildman–Crippen LogP) is 3.32. The van der Waals surface area contributed by atoms with Crippen molar-refractivity contribution in [1.29, 1.82) is 0 Å². The second-order valence-corrected chi connectivity index (χ2v) is 4.88. The van der Waals surface area contributed by atoms with E-state index in [2.05, 4.69) is 34.4 Å². The van der Waals surface area contributed by atoms with Crippen LogP contribution in [0.1, 0.15) is 37.3 Å². The standard InChI is InChI=1S/C16H21N3.HI/c1-3-13(4-2)18-16(17)19-15-11-7-9-12-8-5-6-10-14(12)15;/h1,7,9,11,13H,4-6,8,10H2,2H3,(H3,17,18,19);1H. The molecule has 0 saturated heterocycles. The number of hydrogen-bond acceptors (Lipinski definition) is 1. The minimum Gasteiger partial charge on any atom is -0.370 e. The Morgan fingerprint density at radius 1 is 1.45 bits per heavy atom. The van der Waals surface area contributed by atoms with Crippen LogP contribution in [-0.4, -0.2) is 12.0 Å². The van der Waals surface area contributed by atoms with Crippen LogP contribution in [0, 0.1) is 12.3 Å². The van der Waals surface area contributed by atoms with Crippen molar-refractivity contribution in [2.24, 2.45) is 10.7 Å². The molecular formula is C16H22IN3. The zero-order valence-electron chi connectivity index (χ0n) is 11.9. The van der Waals surface area contributed by atoms with E-state index in [9.17, 15) is 0 Å². The first-order chi connectivity index (χ1) is 9.24. The number of hydrogen-bond donors (Lipinski definition) is 2. The number of benzene rings is 1. The third-order valence-electron chi connectivity index (χ3n) is 3.53. The quantitative estimate of drug-likeness (QED) is 0.364. The summed E-state index contributed by atoms with van der Waals surface area (Å²) in [6.45, 7) is 2.01. The molecule has 1 aromatic rings. The van der Waals surface area contributed by atoms with E-state index < -0.39 is 0 Å². The van der Waals surface area contributed by atoms with E-state index in [0.717, 1.165) is 24.9 Å². The van der Waals surface area contributed by atoms with Crippen LogP contribution in [0.25, 0.3) is 0 Å². The van der Waals surface area contributed by atoms with E-state index in [1.807, 2.05) is 6.92 Å². The van der Waals surface area contributed by atoms with Crippen LogP contribution >= 0.6 is 24.0 Å². The van der Waals surface area contributed by atoms with Crippen molar-refractivity contribution in [2.45, 2.75) is 45.1 Å². The molecule has 108 valence electrons. The van der Waals surface area contributed by atoms with Gasteiger partial charge in [-0.3, -0.25) is 0 Å². The van der Waals surface area contributed by atoms with Gasteiger partial charge in [-0.1, -0.05) is 25.0 Å². The molecule has 0 fully saturated rings. The van der Waals surface area contributed by atoms with E-state index in [4.69, 9.17) is 12.2 Å². The van der Waals surface area contributed by atoms with Crippen molar-refractivity contribution in [1.82, 2.24) is 0 Å². The molecule has 0 bridgehead atoms. The highest BCUT2D eigenvalue weighted by atomic mass is 127. The van der Waals surface area contributed by atoms with Crippen LogP contribution in [0.15, 0.2) is 23.2 Å². The molecule has 1 atom stereocenters. The Kier molecular flexibility index (Phi) is 6.86. The molecule has 0 heterocycles. The van der Waals surface area contributed by atoms with Crippen molar-refractivity contribution in [3.05, 3.63) is 29.3 Å². The van der Waals surface area contributed by atoms with Crippen molar-refractivity contribution < 1.29 is 0 Å². The lowest BCUT2D eigenvalue weighted by Crippen LogP contribution is -2.25. The SMILES string of the molecule is C#CC(CC)N=C(N)Nc1cccc2c1CCCC2.I. The van der Waals surface area contributed by atoms with Crippen molar-refractivity contribution in [3.63, 3.8) is 0 Å². The number of rotatable bonds is 3. The summed E-state index contributed by atoms with van der Waals surface area (Å²) in [5.74, 6) is 3.03. The van der Waals surface area contributed by atoms with Gasteiger partial charge in [-0.05, 0) is 49.3 Å². The third kappa shape index (κ3) is 4.14. The van der Waals surface area contributed by atoms with Crippen molar-refractivity contribution >= 4 is 35.6 Å². The first kappa shape index (κ1) is 16.8. The number of nitrogens with one attached hydrogen (secondary N) is 1. The molecule has 0 amide bonds. The highest BCUT2D eigenvalue weighted by molar-refractivity contribution is 14.0. The third-order valence-corrected chi connectivity index (χ3v) is 3.53. The van der Waals surface area contributed by atoms with Crippen molar-refractivity contribution in [2.75, 3.05) is 5.32 Å². The summed E-state index contributed by atoms with van der Waals surface area (Å²) in [6, 6.07) is 6.18. The van der Waals surface area contributed by atoms with Crippen LogP contribution < -0.4 is 11.1 Å². The molecule has 3 N–H and O–H groups in total. The summed E-state index contributed by atoms with van der Waals surface area (Å²) in [6.07, 6.45) is 11.0. The molecule has 0 saturated carbocycles. The Labute approximate surface area is 138 Å². The fourth-order valence-corrected chi connectivity index (χ4v) is 2.48. The van der Waals surface area contributed by atoms with E-state index in [1.54, 1.807) is 0 Å². The smallest absolute Gasteiger partial charge is 0.194 e. The minimum atomic E-state index is -0.146. The summed E-state index contributed by atoms with van der Waals surface area (Å²) in [7, 11) is 0. The Morgan fingerprint density at radius 3 is 2.90 bits per heavy atom. The van der Waals surface area contributed by atoms with Gasteiger partial charge in [0.15, 0.2) is 5.96 Å². The summed E-state index contributed by atoms with van der Waals surface area (Å²) < 4.78 is 0. The number of nitrogens with two attached hydrogens (primary N) is 1. The molecule has 0 spiro atoms. The van der Waals surface area contributed by atoms with Crippen LogP contribution in [0.3, 0.4) is 0 Å². The topological polar surface area (TPSA) is 50.4 Å². The fraction of sp³-hybridized carbons (Fsp3) is 0.438. The van der Waals surface area contributed by atoms with Gasteiger partial charge in [0.1, 0.15) is 6.04 Å². The predicted molar refractivity (Wildman–Crippen MR) is 96.7 cm³/mol.